The van der Waals surface area contributed by atoms with Crippen LogP contribution in [-0.2, 0) is 30.3 Å². The van der Waals surface area contributed by atoms with E-state index in [9.17, 15) is 43.8 Å². The maximum atomic E-state index is 14.0. The molecule has 19 nitrogen and oxygen atoms in total. The number of para-hydroxylation sites is 1. The average Bonchev–Trinajstić information content (AvgIpc) is 3.73. The molecule has 57 heavy (non-hydrogen) atoms. The highest BCUT2D eigenvalue weighted by Crippen LogP contribution is 2.27. The standard InChI is InChI=1S/C38H55N9O10/c1-19(2)13-25(39)34(52)46(6)21(5)31(33(51)41-18-23-16-29(48)35(57-23)47-12-11-30(49)44-38(47)56)45-32(50)27(14-20(3)4)42-37(55)43-28(36(53)54)15-22-17-40-26-10-8-7-9-24(22)26/h7-12,17,19-21,23,25,27-29,31,35,40,48H,13-16,18,39H2,1-6H3,(H,41,51)(H,45,50)(H,53,54)(H2,42,43,55)(H,44,49,56)/t21-,23+,25-,27-,28-,29+,31?,35+/m0/s1. The van der Waals surface area contributed by atoms with E-state index in [0.29, 0.717) is 12.0 Å². The van der Waals surface area contributed by atoms with Crippen LogP contribution in [0.3, 0.4) is 0 Å². The summed E-state index contributed by atoms with van der Waals surface area (Å²) >= 11 is 0. The minimum Gasteiger partial charge on any atom is -0.480 e. The quantitative estimate of drug-likeness (QED) is 0.0819. The molecule has 0 bridgehead atoms. The number of aliphatic hydroxyl groups is 1. The summed E-state index contributed by atoms with van der Waals surface area (Å²) in [4.78, 5) is 97.1. The predicted molar refractivity (Wildman–Crippen MR) is 209 cm³/mol. The lowest BCUT2D eigenvalue weighted by Crippen LogP contribution is -2.63. The highest BCUT2D eigenvalue weighted by Gasteiger charge is 2.39. The van der Waals surface area contributed by atoms with Crippen molar-refractivity contribution in [2.24, 2.45) is 17.6 Å². The molecule has 3 aromatic rings. The van der Waals surface area contributed by atoms with Crippen LogP contribution in [0.5, 0.6) is 0 Å². The molecular weight excluding hydrogens is 742 g/mol. The molecule has 1 aromatic carbocycles. The minimum atomic E-state index is -1.39. The van der Waals surface area contributed by atoms with E-state index < -0.39 is 89.6 Å². The van der Waals surface area contributed by atoms with Gasteiger partial charge in [0.05, 0.1) is 18.2 Å². The first-order valence-corrected chi connectivity index (χ1v) is 19.0. The molecule has 1 aliphatic rings. The molecule has 2 aromatic heterocycles. The van der Waals surface area contributed by atoms with Crippen molar-refractivity contribution in [2.75, 3.05) is 13.6 Å². The molecule has 0 radical (unpaired) electrons. The maximum Gasteiger partial charge on any atom is 0.330 e. The number of aromatic nitrogens is 3. The van der Waals surface area contributed by atoms with Gasteiger partial charge in [-0.25, -0.2) is 14.4 Å². The number of carbonyl (C=O) groups is 5. The topological polar surface area (TPSA) is 283 Å². The van der Waals surface area contributed by atoms with Crippen molar-refractivity contribution in [3.05, 3.63) is 69.1 Å². The van der Waals surface area contributed by atoms with Crippen molar-refractivity contribution >= 4 is 40.6 Å². The third kappa shape index (κ3) is 11.7. The molecule has 10 N–H and O–H groups in total. The number of aliphatic carboxylic acids is 1. The van der Waals surface area contributed by atoms with Crippen molar-refractivity contribution in [2.45, 2.75) is 109 Å². The van der Waals surface area contributed by atoms with Crippen molar-refractivity contribution in [1.82, 2.24) is 40.7 Å². The molecule has 1 fully saturated rings. The number of H-pyrrole nitrogens is 2. The molecular formula is C38H55N9O10. The Balaban J connectivity index is 1.50. The summed E-state index contributed by atoms with van der Waals surface area (Å²) in [6.07, 6.45) is 0.212. The Morgan fingerprint density at radius 1 is 0.965 bits per heavy atom. The molecule has 1 unspecified atom stereocenters. The lowest BCUT2D eigenvalue weighted by Gasteiger charge is -2.34. The van der Waals surface area contributed by atoms with Crippen LogP contribution in [0.4, 0.5) is 4.79 Å². The number of likely N-dealkylation sites (N-methyl/N-ethyl adjacent to an activating group) is 1. The summed E-state index contributed by atoms with van der Waals surface area (Å²) in [6.45, 7) is 8.83. The Hall–Kier alpha value is -5.53. The fraction of sp³-hybridized carbons (Fsp3) is 0.553. The zero-order chi connectivity index (χ0) is 42.1. The monoisotopic (exact) mass is 797 g/mol. The van der Waals surface area contributed by atoms with Gasteiger partial charge in [0.1, 0.15) is 24.2 Å². The average molecular weight is 798 g/mol. The molecule has 3 heterocycles. The minimum absolute atomic E-state index is 0.0126. The highest BCUT2D eigenvalue weighted by molar-refractivity contribution is 5.93. The molecule has 5 amide bonds. The maximum absolute atomic E-state index is 14.0. The Morgan fingerprint density at radius 2 is 1.63 bits per heavy atom. The molecule has 19 heteroatoms. The highest BCUT2D eigenvalue weighted by atomic mass is 16.5. The first kappa shape index (κ1) is 44.2. The summed E-state index contributed by atoms with van der Waals surface area (Å²) in [5, 5.41) is 31.9. The molecule has 0 aliphatic carbocycles. The van der Waals surface area contributed by atoms with Gasteiger partial charge >= 0.3 is 17.7 Å². The Morgan fingerprint density at radius 3 is 2.28 bits per heavy atom. The lowest BCUT2D eigenvalue weighted by molar-refractivity contribution is -0.139. The summed E-state index contributed by atoms with van der Waals surface area (Å²) in [5.41, 5.74) is 6.25. The Bertz CT molecular complexity index is 2010. The number of nitrogens with one attached hydrogen (secondary N) is 6. The summed E-state index contributed by atoms with van der Waals surface area (Å²) in [5.74, 6) is -3.30. The molecule has 1 saturated heterocycles. The zero-order valence-electron chi connectivity index (χ0n) is 33.0. The van der Waals surface area contributed by atoms with E-state index in [-0.39, 0.29) is 37.6 Å². The Labute approximate surface area is 329 Å². The number of nitrogens with two attached hydrogens (primary N) is 1. The van der Waals surface area contributed by atoms with Crippen molar-refractivity contribution in [3.63, 3.8) is 0 Å². The number of urea groups is 1. The van der Waals surface area contributed by atoms with Gasteiger partial charge in [0.15, 0.2) is 6.23 Å². The molecule has 8 atom stereocenters. The summed E-state index contributed by atoms with van der Waals surface area (Å²) < 4.78 is 6.87. The third-order valence-electron chi connectivity index (χ3n) is 9.89. The van der Waals surface area contributed by atoms with Crippen molar-refractivity contribution in [3.8, 4) is 0 Å². The van der Waals surface area contributed by atoms with E-state index in [4.69, 9.17) is 10.5 Å². The zero-order valence-corrected chi connectivity index (χ0v) is 33.0. The smallest absolute Gasteiger partial charge is 0.330 e. The SMILES string of the molecule is CC(C)C[C@H](NC(=O)N[C@@H](Cc1c[nH]c2ccccc12)C(=O)O)C(=O)NC(C(=O)NC[C@H]1C[C@@H](O)[C@H](n2ccc(=O)[nH]c2=O)O1)[C@H](C)N(C)C(=O)[C@@H](N)CC(C)C. The van der Waals surface area contributed by atoms with E-state index in [0.717, 1.165) is 21.5 Å². The normalized spacial score (nSPS) is 19.4. The van der Waals surface area contributed by atoms with E-state index in [2.05, 4.69) is 31.2 Å². The molecule has 4 rings (SSSR count). The number of carboxylic acids is 1. The van der Waals surface area contributed by atoms with Crippen LogP contribution in [0, 0.1) is 11.8 Å². The van der Waals surface area contributed by atoms with Gasteiger partial charge in [0, 0.05) is 55.8 Å². The second kappa shape index (κ2) is 19.6. The largest absolute Gasteiger partial charge is 0.480 e. The number of nitrogens with zero attached hydrogens (tertiary/aromatic N) is 2. The molecule has 0 saturated carbocycles. The number of hydrogen-bond acceptors (Lipinski definition) is 10. The number of aromatic amines is 2. The number of aliphatic hydroxyl groups excluding tert-OH is 1. The van der Waals surface area contributed by atoms with Gasteiger partial charge in [0.25, 0.3) is 5.56 Å². The van der Waals surface area contributed by atoms with Crippen LogP contribution in [0.25, 0.3) is 10.9 Å². The van der Waals surface area contributed by atoms with Crippen molar-refractivity contribution in [1.29, 1.82) is 0 Å². The molecule has 0 spiro atoms. The second-order valence-electron chi connectivity index (χ2n) is 15.4. The number of carboxylic acid groups (broad SMARTS) is 1. The van der Waals surface area contributed by atoms with Crippen LogP contribution >= 0.6 is 0 Å². The van der Waals surface area contributed by atoms with Crippen LogP contribution < -0.4 is 38.2 Å². The fourth-order valence-electron chi connectivity index (χ4n) is 6.80. The van der Waals surface area contributed by atoms with Gasteiger partial charge in [-0.3, -0.25) is 28.7 Å². The lowest BCUT2D eigenvalue weighted by atomic mass is 10.00. The van der Waals surface area contributed by atoms with Gasteiger partial charge in [-0.15, -0.1) is 0 Å². The van der Waals surface area contributed by atoms with Crippen LogP contribution in [0.15, 0.2) is 52.3 Å². The van der Waals surface area contributed by atoms with E-state index in [1.165, 1.54) is 18.1 Å². The summed E-state index contributed by atoms with van der Waals surface area (Å²) in [6, 6.07) is 1.68. The van der Waals surface area contributed by atoms with Crippen LogP contribution in [0.2, 0.25) is 0 Å². The first-order valence-electron chi connectivity index (χ1n) is 19.0. The Kier molecular flexibility index (Phi) is 15.2. The number of benzene rings is 1. The van der Waals surface area contributed by atoms with Crippen molar-refractivity contribution < 1.29 is 38.9 Å². The van der Waals surface area contributed by atoms with E-state index in [1.807, 2.05) is 52.0 Å². The molecule has 312 valence electrons. The number of hydrogen-bond donors (Lipinski definition) is 9. The number of carbonyl (C=O) groups excluding carboxylic acids is 4. The van der Waals surface area contributed by atoms with Gasteiger partial charge in [-0.05, 0) is 43.2 Å². The van der Waals surface area contributed by atoms with Gasteiger partial charge in [0.2, 0.25) is 17.7 Å². The molecule has 1 aliphatic heterocycles. The second-order valence-corrected chi connectivity index (χ2v) is 15.4. The van der Waals surface area contributed by atoms with Gasteiger partial charge < -0.3 is 51.8 Å². The number of amides is 5. The van der Waals surface area contributed by atoms with Crippen LogP contribution in [0.1, 0.15) is 65.7 Å². The third-order valence-corrected chi connectivity index (χ3v) is 9.89. The fourth-order valence-corrected chi connectivity index (χ4v) is 6.80. The summed E-state index contributed by atoms with van der Waals surface area (Å²) in [7, 11) is 1.46. The number of ether oxygens (including phenoxy) is 1. The number of rotatable bonds is 18. The van der Waals surface area contributed by atoms with E-state index in [1.54, 1.807) is 13.1 Å². The first-order chi connectivity index (χ1) is 26.9. The number of fused-ring (bicyclic) bond motifs is 1. The van der Waals surface area contributed by atoms with Gasteiger partial charge in [-0.1, -0.05) is 45.9 Å². The predicted octanol–water partition coefficient (Wildman–Crippen LogP) is -0.103. The van der Waals surface area contributed by atoms with Gasteiger partial charge in [-0.2, -0.15) is 0 Å². The van der Waals surface area contributed by atoms with E-state index >= 15 is 0 Å². The van der Waals surface area contributed by atoms with Crippen LogP contribution in [-0.4, -0.2) is 115 Å².